The van der Waals surface area contributed by atoms with E-state index in [2.05, 4.69) is 5.32 Å². The number of rotatable bonds is 4. The van der Waals surface area contributed by atoms with Crippen molar-refractivity contribution in [2.45, 2.75) is 38.9 Å². The van der Waals surface area contributed by atoms with E-state index in [9.17, 15) is 4.39 Å². The molecule has 0 radical (unpaired) electrons. The highest BCUT2D eigenvalue weighted by Crippen LogP contribution is 2.39. The summed E-state index contributed by atoms with van der Waals surface area (Å²) < 4.78 is 25.7. The number of hydrogen-bond acceptors (Lipinski definition) is 4. The largest absolute Gasteiger partial charge is 0.491 e. The van der Waals surface area contributed by atoms with Crippen LogP contribution in [0.2, 0.25) is 5.02 Å². The van der Waals surface area contributed by atoms with E-state index in [1.54, 1.807) is 6.08 Å². The van der Waals surface area contributed by atoms with Crippen molar-refractivity contribution in [2.75, 3.05) is 19.3 Å². The van der Waals surface area contributed by atoms with Gasteiger partial charge in [0.25, 0.3) is 0 Å². The molecule has 3 N–H and O–H groups in total. The third-order valence-corrected chi connectivity index (χ3v) is 4.72. The van der Waals surface area contributed by atoms with Gasteiger partial charge in [0.15, 0.2) is 0 Å². The van der Waals surface area contributed by atoms with Crippen LogP contribution in [0.25, 0.3) is 6.08 Å². The van der Waals surface area contributed by atoms with E-state index in [0.717, 1.165) is 5.47 Å². The average molecular weight is 341 g/mol. The molecule has 1 aromatic carbocycles. The van der Waals surface area contributed by atoms with Crippen molar-refractivity contribution in [3.05, 3.63) is 34.0 Å². The predicted molar refractivity (Wildman–Crippen MR) is 93.8 cm³/mol. The monoisotopic (exact) mass is 340 g/mol. The van der Waals surface area contributed by atoms with Gasteiger partial charge in [0.1, 0.15) is 5.82 Å². The second kappa shape index (κ2) is 6.44. The zero-order chi connectivity index (χ0) is 17.4. The van der Waals surface area contributed by atoms with Gasteiger partial charge >= 0.3 is 7.12 Å². The molecule has 7 heteroatoms. The standard InChI is InChI=1S/C16H23BClFN2O2/c1-15(2)16(3,4)23-17(22-15)11(9-21-5)6-10-7-12(19)8-13(18)14(10)20/h6-8,21H,9,20H2,1-5H3. The van der Waals surface area contributed by atoms with Gasteiger partial charge in [-0.15, -0.1) is 0 Å². The van der Waals surface area contributed by atoms with Crippen molar-refractivity contribution in [1.82, 2.24) is 5.32 Å². The van der Waals surface area contributed by atoms with Gasteiger partial charge in [0.2, 0.25) is 0 Å². The predicted octanol–water partition coefficient (Wildman–Crippen LogP) is 3.30. The summed E-state index contributed by atoms with van der Waals surface area (Å²) in [6.07, 6.45) is 1.77. The molecule has 0 unspecified atom stereocenters. The lowest BCUT2D eigenvalue weighted by Crippen LogP contribution is -2.41. The quantitative estimate of drug-likeness (QED) is 0.652. The van der Waals surface area contributed by atoms with E-state index in [-0.39, 0.29) is 5.02 Å². The lowest BCUT2D eigenvalue weighted by atomic mass is 9.77. The number of halogens is 2. The van der Waals surface area contributed by atoms with E-state index in [0.29, 0.717) is 17.8 Å². The van der Waals surface area contributed by atoms with Crippen LogP contribution in [0.3, 0.4) is 0 Å². The van der Waals surface area contributed by atoms with Crippen LogP contribution in [0.5, 0.6) is 0 Å². The molecule has 0 aliphatic carbocycles. The molecule has 23 heavy (non-hydrogen) atoms. The summed E-state index contributed by atoms with van der Waals surface area (Å²) in [5.74, 6) is -0.437. The minimum atomic E-state index is -0.533. The van der Waals surface area contributed by atoms with E-state index < -0.39 is 24.1 Å². The molecule has 4 nitrogen and oxygen atoms in total. The Morgan fingerprint density at radius 1 is 1.30 bits per heavy atom. The van der Waals surface area contributed by atoms with Crippen molar-refractivity contribution in [3.8, 4) is 0 Å². The smallest absolute Gasteiger partial charge is 0.400 e. The van der Waals surface area contributed by atoms with Gasteiger partial charge in [-0.25, -0.2) is 4.39 Å². The summed E-state index contributed by atoms with van der Waals surface area (Å²) in [5.41, 5.74) is 6.72. The Kier molecular flexibility index (Phi) is 5.11. The van der Waals surface area contributed by atoms with Gasteiger partial charge in [-0.3, -0.25) is 0 Å². The zero-order valence-corrected chi connectivity index (χ0v) is 14.9. The second-order valence-corrected chi connectivity index (χ2v) is 7.14. The lowest BCUT2D eigenvalue weighted by molar-refractivity contribution is 0.00578. The number of hydrogen-bond donors (Lipinski definition) is 2. The molecular weight excluding hydrogens is 317 g/mol. The fraction of sp³-hybridized carbons (Fsp3) is 0.500. The van der Waals surface area contributed by atoms with Crippen molar-refractivity contribution >= 4 is 30.5 Å². The zero-order valence-electron chi connectivity index (χ0n) is 14.2. The van der Waals surface area contributed by atoms with E-state index in [1.807, 2.05) is 34.7 Å². The molecule has 0 atom stereocenters. The minimum absolute atomic E-state index is 0.189. The van der Waals surface area contributed by atoms with Crippen LogP contribution in [0, 0.1) is 5.82 Å². The molecule has 126 valence electrons. The fourth-order valence-corrected chi connectivity index (χ4v) is 2.54. The average Bonchev–Trinajstić information content (AvgIpc) is 2.63. The summed E-state index contributed by atoms with van der Waals surface area (Å²) in [5, 5.41) is 3.26. The SMILES string of the molecule is CNCC(=Cc1cc(F)cc(Cl)c1N)B1OC(C)(C)C(C)(C)O1. The van der Waals surface area contributed by atoms with Gasteiger partial charge < -0.3 is 20.4 Å². The van der Waals surface area contributed by atoms with Gasteiger partial charge in [0, 0.05) is 12.1 Å². The summed E-state index contributed by atoms with van der Waals surface area (Å²) in [6, 6.07) is 2.54. The minimum Gasteiger partial charge on any atom is -0.400 e. The van der Waals surface area contributed by atoms with Crippen molar-refractivity contribution < 1.29 is 13.7 Å². The first-order valence-corrected chi connectivity index (χ1v) is 7.90. The number of anilines is 1. The molecule has 0 saturated carbocycles. The molecule has 1 fully saturated rings. The molecule has 0 spiro atoms. The van der Waals surface area contributed by atoms with Crippen LogP contribution in [-0.2, 0) is 9.31 Å². The molecule has 1 heterocycles. The molecule has 1 aliphatic heterocycles. The number of nitrogen functional groups attached to an aromatic ring is 1. The van der Waals surface area contributed by atoms with E-state index in [1.165, 1.54) is 12.1 Å². The molecule has 1 saturated heterocycles. The Morgan fingerprint density at radius 3 is 2.39 bits per heavy atom. The summed E-state index contributed by atoms with van der Waals surface area (Å²) in [7, 11) is 1.29. The first-order valence-electron chi connectivity index (χ1n) is 7.52. The van der Waals surface area contributed by atoms with Crippen LogP contribution in [0.15, 0.2) is 17.6 Å². The Labute approximate surface area is 142 Å². The van der Waals surface area contributed by atoms with Gasteiger partial charge in [-0.2, -0.15) is 0 Å². The highest BCUT2D eigenvalue weighted by molar-refractivity contribution is 6.56. The highest BCUT2D eigenvalue weighted by atomic mass is 35.5. The topological polar surface area (TPSA) is 56.5 Å². The van der Waals surface area contributed by atoms with Gasteiger partial charge in [0.05, 0.1) is 21.9 Å². The van der Waals surface area contributed by atoms with Crippen LogP contribution in [0.4, 0.5) is 10.1 Å². The van der Waals surface area contributed by atoms with Crippen LogP contribution in [0.1, 0.15) is 33.3 Å². The Hall–Kier alpha value is -1.08. The molecule has 1 aromatic rings. The summed E-state index contributed by atoms with van der Waals surface area (Å²) >= 11 is 5.96. The Bertz CT molecular complexity index is 619. The molecule has 0 aromatic heterocycles. The van der Waals surface area contributed by atoms with Crippen LogP contribution >= 0.6 is 11.6 Å². The molecule has 2 rings (SSSR count). The summed E-state index contributed by atoms with van der Waals surface area (Å²) in [4.78, 5) is 0. The third kappa shape index (κ3) is 3.71. The van der Waals surface area contributed by atoms with E-state index in [4.69, 9.17) is 26.6 Å². The Morgan fingerprint density at radius 2 is 1.87 bits per heavy atom. The fourth-order valence-electron chi connectivity index (χ4n) is 2.32. The van der Waals surface area contributed by atoms with Gasteiger partial charge in [-0.1, -0.05) is 17.7 Å². The third-order valence-electron chi connectivity index (χ3n) is 4.40. The number of nitrogens with two attached hydrogens (primary N) is 1. The van der Waals surface area contributed by atoms with Crippen molar-refractivity contribution in [2.24, 2.45) is 0 Å². The van der Waals surface area contributed by atoms with Crippen LogP contribution < -0.4 is 11.1 Å². The van der Waals surface area contributed by atoms with Gasteiger partial charge in [-0.05, 0) is 52.3 Å². The van der Waals surface area contributed by atoms with Crippen LogP contribution in [-0.4, -0.2) is 31.9 Å². The highest BCUT2D eigenvalue weighted by Gasteiger charge is 2.52. The summed E-state index contributed by atoms with van der Waals surface area (Å²) in [6.45, 7) is 8.45. The second-order valence-electron chi connectivity index (χ2n) is 6.73. The maximum atomic E-state index is 13.6. The normalized spacial score (nSPS) is 20.1. The number of likely N-dealkylation sites (N-methyl/N-ethyl adjacent to an activating group) is 1. The van der Waals surface area contributed by atoms with Crippen molar-refractivity contribution in [3.63, 3.8) is 0 Å². The maximum Gasteiger partial charge on any atom is 0.491 e. The number of benzene rings is 1. The first-order chi connectivity index (χ1) is 10.6. The molecular formula is C16H23BClFN2O2. The molecule has 0 bridgehead atoms. The number of nitrogens with one attached hydrogen (secondary N) is 1. The lowest BCUT2D eigenvalue weighted by Gasteiger charge is -2.32. The Balaban J connectivity index is 2.40. The van der Waals surface area contributed by atoms with E-state index >= 15 is 0 Å². The maximum absolute atomic E-state index is 13.6. The first kappa shape index (κ1) is 18.3. The molecule has 0 amide bonds. The molecule has 1 aliphatic rings. The van der Waals surface area contributed by atoms with Crippen molar-refractivity contribution in [1.29, 1.82) is 0 Å².